The van der Waals surface area contributed by atoms with E-state index in [-0.39, 0.29) is 6.10 Å². The van der Waals surface area contributed by atoms with E-state index in [1.54, 1.807) is 0 Å². The molecule has 5 nitrogen and oxygen atoms in total. The van der Waals surface area contributed by atoms with Gasteiger partial charge in [0.15, 0.2) is 10.6 Å². The van der Waals surface area contributed by atoms with Crippen LogP contribution in [0.4, 0.5) is 0 Å². The van der Waals surface area contributed by atoms with Gasteiger partial charge in [0.05, 0.1) is 12.6 Å². The Hall–Kier alpha value is -2.18. The second kappa shape index (κ2) is 6.75. The normalized spacial score (nSPS) is 17.4. The Morgan fingerprint density at radius 1 is 1.25 bits per heavy atom. The zero-order chi connectivity index (χ0) is 16.4. The summed E-state index contributed by atoms with van der Waals surface area (Å²) < 4.78 is 14.3. The van der Waals surface area contributed by atoms with Gasteiger partial charge in [-0.05, 0) is 36.5 Å². The van der Waals surface area contributed by atoms with Crippen LogP contribution in [0, 0.1) is 4.77 Å². The van der Waals surface area contributed by atoms with Crippen LogP contribution < -0.4 is 4.74 Å². The molecule has 0 amide bonds. The van der Waals surface area contributed by atoms with E-state index in [0.29, 0.717) is 11.4 Å². The minimum atomic E-state index is 0.214. The highest BCUT2D eigenvalue weighted by Gasteiger charge is 2.18. The van der Waals surface area contributed by atoms with Gasteiger partial charge in [0.25, 0.3) is 0 Å². The van der Waals surface area contributed by atoms with Gasteiger partial charge in [-0.3, -0.25) is 9.67 Å². The molecule has 6 heteroatoms. The third kappa shape index (κ3) is 3.07. The lowest BCUT2D eigenvalue weighted by molar-refractivity contribution is 0.0949. The van der Waals surface area contributed by atoms with Crippen LogP contribution in [0.5, 0.6) is 5.75 Å². The number of hydrogen-bond donors (Lipinski definition) is 1. The molecular weight excluding hydrogens is 322 g/mol. The van der Waals surface area contributed by atoms with Gasteiger partial charge in [0, 0.05) is 12.0 Å². The number of nitrogens with zero attached hydrogens (tertiary/aromatic N) is 2. The van der Waals surface area contributed by atoms with Gasteiger partial charge in [-0.2, -0.15) is 5.10 Å². The molecule has 0 radical (unpaired) electrons. The maximum absolute atomic E-state index is 6.03. The maximum Gasteiger partial charge on any atom is 0.195 e. The Morgan fingerprint density at radius 3 is 3.00 bits per heavy atom. The molecule has 1 saturated heterocycles. The first-order chi connectivity index (χ1) is 11.8. The number of aromatic nitrogens is 3. The Morgan fingerprint density at radius 2 is 2.12 bits per heavy atom. The molecule has 1 fully saturated rings. The fourth-order valence-electron chi connectivity index (χ4n) is 3.10. The second-order valence-electron chi connectivity index (χ2n) is 5.96. The first-order valence-electron chi connectivity index (χ1n) is 8.17. The average molecular weight is 341 g/mol. The fraction of sp³-hybridized carbons (Fsp3) is 0.333. The summed E-state index contributed by atoms with van der Waals surface area (Å²) in [6, 6.07) is 14.2. The van der Waals surface area contributed by atoms with Gasteiger partial charge < -0.3 is 9.47 Å². The quantitative estimate of drug-likeness (QED) is 0.716. The lowest BCUT2D eigenvalue weighted by atomic mass is 10.1. The van der Waals surface area contributed by atoms with E-state index in [2.05, 4.69) is 28.4 Å². The second-order valence-corrected chi connectivity index (χ2v) is 6.34. The van der Waals surface area contributed by atoms with Crippen molar-refractivity contribution >= 4 is 23.0 Å². The van der Waals surface area contributed by atoms with Crippen LogP contribution >= 0.6 is 12.2 Å². The number of rotatable bonds is 5. The van der Waals surface area contributed by atoms with Crippen molar-refractivity contribution in [3.63, 3.8) is 0 Å². The van der Waals surface area contributed by atoms with Crippen molar-refractivity contribution in [2.24, 2.45) is 0 Å². The van der Waals surface area contributed by atoms with Gasteiger partial charge in [0.2, 0.25) is 0 Å². The SMILES string of the molecule is S=c1[nH]nc(COc2cccc3ccccc23)n1CC1CCCO1. The van der Waals surface area contributed by atoms with E-state index in [0.717, 1.165) is 48.3 Å². The van der Waals surface area contributed by atoms with Crippen LogP contribution in [-0.2, 0) is 17.9 Å². The van der Waals surface area contributed by atoms with Gasteiger partial charge >= 0.3 is 0 Å². The lowest BCUT2D eigenvalue weighted by Crippen LogP contribution is -2.18. The van der Waals surface area contributed by atoms with E-state index in [1.165, 1.54) is 0 Å². The zero-order valence-corrected chi connectivity index (χ0v) is 14.1. The Kier molecular flexibility index (Phi) is 4.32. The molecule has 3 aromatic rings. The molecule has 0 bridgehead atoms. The number of H-pyrrole nitrogens is 1. The topological polar surface area (TPSA) is 52.1 Å². The van der Waals surface area contributed by atoms with Crippen LogP contribution in [0.15, 0.2) is 42.5 Å². The first-order valence-corrected chi connectivity index (χ1v) is 8.58. The fourth-order valence-corrected chi connectivity index (χ4v) is 3.33. The minimum Gasteiger partial charge on any atom is -0.485 e. The van der Waals surface area contributed by atoms with Gasteiger partial charge in [0.1, 0.15) is 12.4 Å². The van der Waals surface area contributed by atoms with Crippen LogP contribution in [0.1, 0.15) is 18.7 Å². The third-order valence-electron chi connectivity index (χ3n) is 4.35. The van der Waals surface area contributed by atoms with E-state index in [1.807, 2.05) is 28.8 Å². The Balaban J connectivity index is 1.54. The summed E-state index contributed by atoms with van der Waals surface area (Å²) in [6.07, 6.45) is 2.39. The largest absolute Gasteiger partial charge is 0.485 e. The highest BCUT2D eigenvalue weighted by molar-refractivity contribution is 7.71. The van der Waals surface area contributed by atoms with Crippen molar-refractivity contribution < 1.29 is 9.47 Å². The summed E-state index contributed by atoms with van der Waals surface area (Å²) in [4.78, 5) is 0. The van der Waals surface area contributed by atoms with Crippen molar-refractivity contribution in [2.75, 3.05) is 6.61 Å². The third-order valence-corrected chi connectivity index (χ3v) is 4.67. The number of benzene rings is 2. The molecule has 1 aliphatic heterocycles. The molecule has 2 heterocycles. The molecule has 1 aromatic heterocycles. The lowest BCUT2D eigenvalue weighted by Gasteiger charge is -2.13. The minimum absolute atomic E-state index is 0.214. The number of fused-ring (bicyclic) bond motifs is 1. The number of ether oxygens (including phenoxy) is 2. The molecule has 4 rings (SSSR count). The number of hydrogen-bond acceptors (Lipinski definition) is 4. The molecule has 1 atom stereocenters. The number of aromatic amines is 1. The molecule has 124 valence electrons. The summed E-state index contributed by atoms with van der Waals surface area (Å²) in [7, 11) is 0. The van der Waals surface area contributed by atoms with Crippen molar-refractivity contribution in [1.82, 2.24) is 14.8 Å². The van der Waals surface area contributed by atoms with E-state index in [9.17, 15) is 0 Å². The predicted octanol–water partition coefficient (Wildman–Crippen LogP) is 3.85. The van der Waals surface area contributed by atoms with Gasteiger partial charge in [-0.1, -0.05) is 36.4 Å². The van der Waals surface area contributed by atoms with Gasteiger partial charge in [-0.25, -0.2) is 0 Å². The summed E-state index contributed by atoms with van der Waals surface area (Å²) in [5, 5.41) is 9.44. The Labute approximate surface area is 145 Å². The monoisotopic (exact) mass is 341 g/mol. The average Bonchev–Trinajstić information content (AvgIpc) is 3.24. The molecule has 1 unspecified atom stereocenters. The number of nitrogens with one attached hydrogen (secondary N) is 1. The van der Waals surface area contributed by atoms with Gasteiger partial charge in [-0.15, -0.1) is 0 Å². The predicted molar refractivity (Wildman–Crippen MR) is 94.7 cm³/mol. The van der Waals surface area contributed by atoms with Crippen LogP contribution in [0.2, 0.25) is 0 Å². The summed E-state index contributed by atoms with van der Waals surface area (Å²) in [6.45, 7) is 1.93. The highest BCUT2D eigenvalue weighted by atomic mass is 32.1. The van der Waals surface area contributed by atoms with Crippen LogP contribution in [0.3, 0.4) is 0 Å². The van der Waals surface area contributed by atoms with Crippen molar-refractivity contribution in [2.45, 2.75) is 32.1 Å². The zero-order valence-electron chi connectivity index (χ0n) is 13.3. The van der Waals surface area contributed by atoms with Crippen LogP contribution in [-0.4, -0.2) is 27.5 Å². The summed E-state index contributed by atoms with van der Waals surface area (Å²) in [5.41, 5.74) is 0. The molecule has 0 saturated carbocycles. The smallest absolute Gasteiger partial charge is 0.195 e. The maximum atomic E-state index is 6.03. The molecule has 1 aliphatic rings. The molecule has 1 N–H and O–H groups in total. The molecular formula is C18H19N3O2S. The summed E-state index contributed by atoms with van der Waals surface area (Å²) >= 11 is 5.35. The first kappa shape index (κ1) is 15.4. The molecule has 24 heavy (non-hydrogen) atoms. The van der Waals surface area contributed by atoms with E-state index < -0.39 is 0 Å². The van der Waals surface area contributed by atoms with E-state index in [4.69, 9.17) is 21.7 Å². The van der Waals surface area contributed by atoms with E-state index >= 15 is 0 Å². The van der Waals surface area contributed by atoms with Crippen molar-refractivity contribution in [1.29, 1.82) is 0 Å². The standard InChI is InChI=1S/C18H19N3O2S/c24-18-20-19-17(21(18)11-14-7-4-10-22-14)12-23-16-9-3-6-13-5-1-2-8-15(13)16/h1-3,5-6,8-9,14H,4,7,10-12H2,(H,20,24). The summed E-state index contributed by atoms with van der Waals surface area (Å²) in [5.74, 6) is 1.65. The highest BCUT2D eigenvalue weighted by Crippen LogP contribution is 2.26. The van der Waals surface area contributed by atoms with Crippen LogP contribution in [0.25, 0.3) is 10.8 Å². The van der Waals surface area contributed by atoms with Crippen molar-refractivity contribution in [3.8, 4) is 5.75 Å². The van der Waals surface area contributed by atoms with Crippen molar-refractivity contribution in [3.05, 3.63) is 53.1 Å². The molecule has 2 aromatic carbocycles. The molecule has 0 aliphatic carbocycles. The molecule has 0 spiro atoms. The Bertz CT molecular complexity index is 891.